The van der Waals surface area contributed by atoms with Crippen molar-refractivity contribution >= 4 is 38.6 Å². The van der Waals surface area contributed by atoms with E-state index >= 15 is 0 Å². The lowest BCUT2D eigenvalue weighted by atomic mass is 10.0. The molecule has 0 spiro atoms. The van der Waals surface area contributed by atoms with Crippen LogP contribution in [0.3, 0.4) is 0 Å². The number of hydrogen-bond acceptors (Lipinski definition) is 5. The number of hydrogen-bond donors (Lipinski definition) is 1. The molecule has 8 heteroatoms. The zero-order valence-electron chi connectivity index (χ0n) is 13.9. The molecule has 0 bridgehead atoms. The average molecular weight is 380 g/mol. The van der Waals surface area contributed by atoms with Gasteiger partial charge in [-0.25, -0.2) is 8.42 Å². The summed E-state index contributed by atoms with van der Waals surface area (Å²) in [7, 11) is -3.54. The Balaban J connectivity index is 1.84. The van der Waals surface area contributed by atoms with Gasteiger partial charge < -0.3 is 10.1 Å². The third kappa shape index (κ3) is 3.86. The molecule has 1 amide bonds. The van der Waals surface area contributed by atoms with Crippen molar-refractivity contribution in [2.75, 3.05) is 29.4 Å². The first-order valence-electron chi connectivity index (χ1n) is 8.09. The number of benzene rings is 1. The number of carbonyl (C=O) groups is 1. The lowest BCUT2D eigenvalue weighted by Crippen LogP contribution is -2.35. The van der Waals surface area contributed by atoms with Gasteiger partial charge in [0.1, 0.15) is 10.8 Å². The van der Waals surface area contributed by atoms with E-state index in [1.807, 2.05) is 13.0 Å². The molecule has 25 heavy (non-hydrogen) atoms. The fourth-order valence-electron chi connectivity index (χ4n) is 2.80. The summed E-state index contributed by atoms with van der Waals surface area (Å²) in [6, 6.07) is 8.69. The van der Waals surface area contributed by atoms with Gasteiger partial charge in [-0.2, -0.15) is 0 Å². The van der Waals surface area contributed by atoms with Gasteiger partial charge in [0.2, 0.25) is 5.91 Å². The molecule has 1 aliphatic rings. The minimum absolute atomic E-state index is 0.00642. The van der Waals surface area contributed by atoms with Crippen LogP contribution in [0.4, 0.5) is 11.4 Å². The maximum atomic E-state index is 12.8. The van der Waals surface area contributed by atoms with Crippen molar-refractivity contribution in [2.24, 2.45) is 0 Å². The molecule has 3 rings (SSSR count). The predicted molar refractivity (Wildman–Crippen MR) is 98.7 cm³/mol. The molecule has 0 saturated carbocycles. The lowest BCUT2D eigenvalue weighted by Gasteiger charge is -2.30. The minimum Gasteiger partial charge on any atom is -0.372 e. The molecule has 1 aromatic heterocycles. The summed E-state index contributed by atoms with van der Waals surface area (Å²) in [5.41, 5.74) is 2.25. The van der Waals surface area contributed by atoms with Gasteiger partial charge in [-0.1, -0.05) is 6.07 Å². The first kappa shape index (κ1) is 17.9. The zero-order valence-corrected chi connectivity index (χ0v) is 15.5. The number of nitrogens with zero attached hydrogens (tertiary/aromatic N) is 1. The van der Waals surface area contributed by atoms with E-state index in [0.717, 1.165) is 18.4 Å². The van der Waals surface area contributed by atoms with Gasteiger partial charge in [0.05, 0.1) is 5.69 Å². The molecule has 0 aliphatic carbocycles. The van der Waals surface area contributed by atoms with Crippen molar-refractivity contribution in [3.05, 3.63) is 41.3 Å². The van der Waals surface area contributed by atoms with Crippen LogP contribution in [0.1, 0.15) is 18.9 Å². The summed E-state index contributed by atoms with van der Waals surface area (Å²) in [6.07, 6.45) is 1.52. The Bertz CT molecular complexity index is 848. The maximum Gasteiger partial charge on any atom is 0.273 e. The number of nitrogens with one attached hydrogen (secondary N) is 1. The normalized spacial score (nSPS) is 14.2. The van der Waals surface area contributed by atoms with Gasteiger partial charge in [0.15, 0.2) is 0 Å². The lowest BCUT2D eigenvalue weighted by molar-refractivity contribution is -0.120. The first-order chi connectivity index (χ1) is 12.0. The smallest absolute Gasteiger partial charge is 0.273 e. The molecule has 134 valence electrons. The Morgan fingerprint density at radius 3 is 2.92 bits per heavy atom. The highest BCUT2D eigenvalue weighted by molar-refractivity contribution is 7.94. The van der Waals surface area contributed by atoms with Gasteiger partial charge in [0, 0.05) is 18.8 Å². The third-order valence-corrected chi connectivity index (χ3v) is 7.10. The van der Waals surface area contributed by atoms with Gasteiger partial charge >= 0.3 is 0 Å². The second-order valence-corrected chi connectivity index (χ2v) is 8.68. The number of rotatable bonds is 6. The number of ether oxygens (including phenoxy) is 1. The topological polar surface area (TPSA) is 75.7 Å². The van der Waals surface area contributed by atoms with Crippen LogP contribution in [0.15, 0.2) is 39.9 Å². The number of aryl methyl sites for hydroxylation is 1. The summed E-state index contributed by atoms with van der Waals surface area (Å²) in [5, 5.41) is 4.54. The second kappa shape index (κ2) is 7.55. The number of fused-ring (bicyclic) bond motifs is 1. The highest BCUT2D eigenvalue weighted by Gasteiger charge is 2.29. The van der Waals surface area contributed by atoms with Crippen LogP contribution in [-0.4, -0.2) is 34.1 Å². The SMILES string of the molecule is CCOCC(=O)Nc1ccc2c(c1)CCCN2S(=O)(=O)c1cccs1. The van der Waals surface area contributed by atoms with E-state index in [1.165, 1.54) is 15.6 Å². The Morgan fingerprint density at radius 1 is 1.36 bits per heavy atom. The fourth-order valence-corrected chi connectivity index (χ4v) is 5.45. The van der Waals surface area contributed by atoms with Crippen molar-refractivity contribution < 1.29 is 17.9 Å². The third-order valence-electron chi connectivity index (χ3n) is 3.92. The molecule has 1 N–H and O–H groups in total. The van der Waals surface area contributed by atoms with Crippen molar-refractivity contribution in [1.82, 2.24) is 0 Å². The average Bonchev–Trinajstić information content (AvgIpc) is 3.14. The molecule has 2 aromatic rings. The van der Waals surface area contributed by atoms with Crippen LogP contribution in [0.5, 0.6) is 0 Å². The van der Waals surface area contributed by atoms with E-state index in [4.69, 9.17) is 4.74 Å². The molecule has 2 heterocycles. The van der Waals surface area contributed by atoms with E-state index in [0.29, 0.717) is 28.7 Å². The van der Waals surface area contributed by atoms with Gasteiger partial charge in [-0.05, 0) is 55.0 Å². The number of anilines is 2. The Kier molecular flexibility index (Phi) is 5.41. The van der Waals surface area contributed by atoms with Crippen molar-refractivity contribution in [3.8, 4) is 0 Å². The molecule has 0 atom stereocenters. The largest absolute Gasteiger partial charge is 0.372 e. The quantitative estimate of drug-likeness (QED) is 0.836. The number of thiophene rings is 1. The van der Waals surface area contributed by atoms with Gasteiger partial charge in [-0.15, -0.1) is 11.3 Å². The van der Waals surface area contributed by atoms with E-state index < -0.39 is 10.0 Å². The zero-order chi connectivity index (χ0) is 17.9. The molecule has 0 fully saturated rings. The van der Waals surface area contributed by atoms with Crippen LogP contribution in [-0.2, 0) is 26.0 Å². The van der Waals surface area contributed by atoms with E-state index in [-0.39, 0.29) is 12.5 Å². The first-order valence-corrected chi connectivity index (χ1v) is 10.4. The van der Waals surface area contributed by atoms with Crippen LogP contribution < -0.4 is 9.62 Å². The van der Waals surface area contributed by atoms with Crippen LogP contribution in [0, 0.1) is 0 Å². The Hall–Kier alpha value is -1.90. The van der Waals surface area contributed by atoms with Gasteiger partial charge in [0.25, 0.3) is 10.0 Å². The molecule has 6 nitrogen and oxygen atoms in total. The van der Waals surface area contributed by atoms with Crippen LogP contribution in [0.2, 0.25) is 0 Å². The molecule has 1 aliphatic heterocycles. The fraction of sp³-hybridized carbons (Fsp3) is 0.353. The van der Waals surface area contributed by atoms with Crippen molar-refractivity contribution in [1.29, 1.82) is 0 Å². The van der Waals surface area contributed by atoms with E-state index in [2.05, 4.69) is 5.32 Å². The monoisotopic (exact) mass is 380 g/mol. The molecule has 0 radical (unpaired) electrons. The van der Waals surface area contributed by atoms with Crippen molar-refractivity contribution in [3.63, 3.8) is 0 Å². The standard InChI is InChI=1S/C17H20N2O4S2/c1-2-23-12-16(20)18-14-7-8-15-13(11-14)5-3-9-19(15)25(21,22)17-6-4-10-24-17/h4,6-8,10-11H,2-3,5,9,12H2,1H3,(H,18,20). The maximum absolute atomic E-state index is 12.8. The molecule has 0 saturated heterocycles. The molecular formula is C17H20N2O4S2. The van der Waals surface area contributed by atoms with E-state index in [1.54, 1.807) is 29.6 Å². The van der Waals surface area contributed by atoms with Crippen molar-refractivity contribution in [2.45, 2.75) is 24.0 Å². The highest BCUT2D eigenvalue weighted by atomic mass is 32.2. The summed E-state index contributed by atoms with van der Waals surface area (Å²) in [4.78, 5) is 11.8. The summed E-state index contributed by atoms with van der Waals surface area (Å²) in [5.74, 6) is -0.222. The van der Waals surface area contributed by atoms with Gasteiger partial charge in [-0.3, -0.25) is 9.10 Å². The Morgan fingerprint density at radius 2 is 2.20 bits per heavy atom. The minimum atomic E-state index is -3.54. The number of sulfonamides is 1. The molecule has 0 unspecified atom stereocenters. The Labute approximate surface area is 151 Å². The second-order valence-electron chi connectivity index (χ2n) is 5.64. The molecule has 1 aromatic carbocycles. The molecular weight excluding hydrogens is 360 g/mol. The number of amides is 1. The van der Waals surface area contributed by atoms with Crippen LogP contribution >= 0.6 is 11.3 Å². The summed E-state index contributed by atoms with van der Waals surface area (Å²) >= 11 is 1.22. The number of carbonyl (C=O) groups excluding carboxylic acids is 1. The summed E-state index contributed by atoms with van der Waals surface area (Å²) < 4.78 is 32.6. The van der Waals surface area contributed by atoms with Crippen LogP contribution in [0.25, 0.3) is 0 Å². The summed E-state index contributed by atoms with van der Waals surface area (Å²) in [6.45, 7) is 2.78. The van der Waals surface area contributed by atoms with E-state index in [9.17, 15) is 13.2 Å². The highest BCUT2D eigenvalue weighted by Crippen LogP contribution is 2.34. The predicted octanol–water partition coefficient (Wildman–Crippen LogP) is 2.86.